The summed E-state index contributed by atoms with van der Waals surface area (Å²) < 4.78 is 34.2. The van der Waals surface area contributed by atoms with Crippen LogP contribution >= 0.6 is 15.9 Å². The van der Waals surface area contributed by atoms with Gasteiger partial charge in [0.25, 0.3) is 0 Å². The van der Waals surface area contributed by atoms with Crippen molar-refractivity contribution in [2.45, 2.75) is 31.2 Å². The average Bonchev–Trinajstić information content (AvgIpc) is 3.21. The average molecular weight is 499 g/mol. The number of aromatic nitrogens is 2. The number of carbonyl (C=O) groups excluding carboxylic acids is 2. The minimum absolute atomic E-state index is 0.0148. The maximum absolute atomic E-state index is 13.0. The molecule has 1 saturated heterocycles. The van der Waals surface area contributed by atoms with Gasteiger partial charge in [-0.05, 0) is 53.9 Å². The molecule has 0 aliphatic carbocycles. The maximum atomic E-state index is 13.0. The lowest BCUT2D eigenvalue weighted by molar-refractivity contribution is -0.120. The van der Waals surface area contributed by atoms with E-state index in [1.54, 1.807) is 17.1 Å². The third kappa shape index (κ3) is 4.73. The van der Waals surface area contributed by atoms with Crippen molar-refractivity contribution < 1.29 is 22.7 Å². The number of hydrogen-bond donors (Lipinski definition) is 1. The van der Waals surface area contributed by atoms with Crippen LogP contribution in [-0.2, 0) is 26.1 Å². The molecular formula is C19H23BrN4O5S. The molecule has 30 heavy (non-hydrogen) atoms. The molecule has 0 bridgehead atoms. The number of sulfonamides is 1. The van der Waals surface area contributed by atoms with Crippen LogP contribution in [0.2, 0.25) is 0 Å². The summed E-state index contributed by atoms with van der Waals surface area (Å²) in [6.45, 7) is 3.10. The Kier molecular flexibility index (Phi) is 6.94. The molecule has 1 aromatic heterocycles. The van der Waals surface area contributed by atoms with Crippen LogP contribution in [0.5, 0.6) is 0 Å². The minimum atomic E-state index is -3.79. The molecule has 0 radical (unpaired) electrons. The Morgan fingerprint density at radius 1 is 1.30 bits per heavy atom. The number of carbonyl (C=O) groups is 2. The van der Waals surface area contributed by atoms with Crippen molar-refractivity contribution in [3.63, 3.8) is 0 Å². The topological polar surface area (TPSA) is 111 Å². The van der Waals surface area contributed by atoms with Crippen molar-refractivity contribution in [1.29, 1.82) is 0 Å². The predicted octanol–water partition coefficient (Wildman–Crippen LogP) is 2.49. The number of anilines is 1. The van der Waals surface area contributed by atoms with E-state index >= 15 is 0 Å². The van der Waals surface area contributed by atoms with E-state index in [0.29, 0.717) is 29.5 Å². The zero-order valence-electron chi connectivity index (χ0n) is 16.7. The molecule has 11 heteroatoms. The summed E-state index contributed by atoms with van der Waals surface area (Å²) >= 11 is 3.23. The van der Waals surface area contributed by atoms with Crippen LogP contribution in [0.4, 0.5) is 5.69 Å². The first kappa shape index (κ1) is 22.4. The third-order valence-electron chi connectivity index (χ3n) is 5.03. The van der Waals surface area contributed by atoms with Gasteiger partial charge in [0.2, 0.25) is 15.9 Å². The number of nitrogens with zero attached hydrogens (tertiary/aromatic N) is 3. The zero-order valence-corrected chi connectivity index (χ0v) is 19.1. The molecule has 9 nitrogen and oxygen atoms in total. The first-order valence-corrected chi connectivity index (χ1v) is 11.7. The highest BCUT2D eigenvalue weighted by Crippen LogP contribution is 2.27. The standard InChI is InChI=1S/C19H23BrN4O5S/c1-3-23-12-14(11-21-23)22-18(25)13-6-8-24(9-7-13)30(27,28)15-4-5-17(20)16(10-15)19(26)29-2/h4-5,10-13H,3,6-9H2,1-2H3,(H,22,25). The van der Waals surface area contributed by atoms with E-state index in [-0.39, 0.29) is 35.4 Å². The van der Waals surface area contributed by atoms with Gasteiger partial charge >= 0.3 is 5.97 Å². The van der Waals surface area contributed by atoms with E-state index in [1.165, 1.54) is 29.6 Å². The van der Waals surface area contributed by atoms with Gasteiger partial charge in [-0.15, -0.1) is 0 Å². The van der Waals surface area contributed by atoms with Gasteiger partial charge in [-0.3, -0.25) is 9.48 Å². The zero-order chi connectivity index (χ0) is 21.9. The second-order valence-corrected chi connectivity index (χ2v) is 9.68. The van der Waals surface area contributed by atoms with E-state index in [0.717, 1.165) is 0 Å². The number of halogens is 1. The van der Waals surface area contributed by atoms with Gasteiger partial charge in [0.15, 0.2) is 0 Å². The van der Waals surface area contributed by atoms with Crippen molar-refractivity contribution in [3.05, 3.63) is 40.6 Å². The molecule has 0 saturated carbocycles. The molecule has 1 amide bonds. The van der Waals surface area contributed by atoms with E-state index in [9.17, 15) is 18.0 Å². The first-order valence-electron chi connectivity index (χ1n) is 9.47. The first-order chi connectivity index (χ1) is 14.3. The molecule has 1 N–H and O–H groups in total. The van der Waals surface area contributed by atoms with Crippen LogP contribution < -0.4 is 5.32 Å². The van der Waals surface area contributed by atoms with E-state index < -0.39 is 16.0 Å². The predicted molar refractivity (Wildman–Crippen MR) is 113 cm³/mol. The van der Waals surface area contributed by atoms with Crippen molar-refractivity contribution in [2.24, 2.45) is 5.92 Å². The number of benzene rings is 1. The SMILES string of the molecule is CCn1cc(NC(=O)C2CCN(S(=O)(=O)c3ccc(Br)c(C(=O)OC)c3)CC2)cn1. The number of nitrogens with one attached hydrogen (secondary N) is 1. The van der Waals surface area contributed by atoms with Crippen molar-refractivity contribution in [3.8, 4) is 0 Å². The molecule has 0 spiro atoms. The summed E-state index contributed by atoms with van der Waals surface area (Å²) in [6.07, 6.45) is 4.16. The number of methoxy groups -OCH3 is 1. The summed E-state index contributed by atoms with van der Waals surface area (Å²) in [5.41, 5.74) is 0.766. The van der Waals surface area contributed by atoms with E-state index in [2.05, 4.69) is 26.3 Å². The summed E-state index contributed by atoms with van der Waals surface area (Å²) in [5, 5.41) is 6.96. The highest BCUT2D eigenvalue weighted by Gasteiger charge is 2.33. The monoisotopic (exact) mass is 498 g/mol. The molecule has 0 atom stereocenters. The molecule has 162 valence electrons. The van der Waals surface area contributed by atoms with E-state index in [1.807, 2.05) is 6.92 Å². The summed E-state index contributed by atoms with van der Waals surface area (Å²) in [6, 6.07) is 4.25. The minimum Gasteiger partial charge on any atom is -0.465 e. The Labute approximate surface area is 183 Å². The maximum Gasteiger partial charge on any atom is 0.339 e. The van der Waals surface area contributed by atoms with Crippen LogP contribution in [0.25, 0.3) is 0 Å². The molecule has 1 aromatic carbocycles. The van der Waals surface area contributed by atoms with Gasteiger partial charge in [-0.1, -0.05) is 0 Å². The summed E-state index contributed by atoms with van der Waals surface area (Å²) in [5.74, 6) is -1.04. The Bertz CT molecular complexity index is 1040. The van der Waals surface area contributed by atoms with Gasteiger partial charge in [0.05, 0.1) is 29.5 Å². The van der Waals surface area contributed by atoms with Gasteiger partial charge in [0, 0.05) is 36.2 Å². The van der Waals surface area contributed by atoms with Crippen LogP contribution in [0.1, 0.15) is 30.1 Å². The quantitative estimate of drug-likeness (QED) is 0.612. The Morgan fingerprint density at radius 3 is 2.60 bits per heavy atom. The van der Waals surface area contributed by atoms with Gasteiger partial charge in [0.1, 0.15) is 0 Å². The number of ether oxygens (including phenoxy) is 1. The number of piperidine rings is 1. The lowest BCUT2D eigenvalue weighted by Crippen LogP contribution is -2.41. The van der Waals surface area contributed by atoms with Gasteiger partial charge in [-0.25, -0.2) is 13.2 Å². The molecule has 2 heterocycles. The highest BCUT2D eigenvalue weighted by atomic mass is 79.9. The third-order valence-corrected chi connectivity index (χ3v) is 7.62. The number of esters is 1. The van der Waals surface area contributed by atoms with Crippen molar-refractivity contribution in [2.75, 3.05) is 25.5 Å². The molecule has 0 unspecified atom stereocenters. The molecule has 3 rings (SSSR count). The number of rotatable bonds is 6. The Balaban J connectivity index is 1.66. The fourth-order valence-electron chi connectivity index (χ4n) is 3.28. The molecule has 1 aliphatic rings. The molecule has 1 aliphatic heterocycles. The lowest BCUT2D eigenvalue weighted by atomic mass is 9.97. The second kappa shape index (κ2) is 9.27. The Morgan fingerprint density at radius 2 is 2.00 bits per heavy atom. The fourth-order valence-corrected chi connectivity index (χ4v) is 5.19. The summed E-state index contributed by atoms with van der Waals surface area (Å²) in [4.78, 5) is 24.4. The van der Waals surface area contributed by atoms with Crippen LogP contribution in [0.3, 0.4) is 0 Å². The number of aryl methyl sites for hydroxylation is 1. The molecular weight excluding hydrogens is 476 g/mol. The second-order valence-electron chi connectivity index (χ2n) is 6.89. The van der Waals surface area contributed by atoms with Gasteiger partial charge < -0.3 is 10.1 Å². The van der Waals surface area contributed by atoms with E-state index in [4.69, 9.17) is 4.74 Å². The van der Waals surface area contributed by atoms with Crippen LogP contribution in [0.15, 0.2) is 40.0 Å². The summed E-state index contributed by atoms with van der Waals surface area (Å²) in [7, 11) is -2.56. The van der Waals surface area contributed by atoms with Crippen LogP contribution in [-0.4, -0.2) is 54.6 Å². The normalized spacial score (nSPS) is 15.7. The van der Waals surface area contributed by atoms with Crippen molar-refractivity contribution >= 4 is 43.5 Å². The van der Waals surface area contributed by atoms with Crippen LogP contribution in [0, 0.1) is 5.92 Å². The Hall–Kier alpha value is -2.24. The van der Waals surface area contributed by atoms with Gasteiger partial charge in [-0.2, -0.15) is 9.40 Å². The highest BCUT2D eigenvalue weighted by molar-refractivity contribution is 9.10. The van der Waals surface area contributed by atoms with Crippen molar-refractivity contribution in [1.82, 2.24) is 14.1 Å². The fraction of sp³-hybridized carbons (Fsp3) is 0.421. The number of amides is 1. The smallest absolute Gasteiger partial charge is 0.339 e. The molecule has 1 fully saturated rings. The lowest BCUT2D eigenvalue weighted by Gasteiger charge is -2.30. The molecule has 2 aromatic rings. The number of hydrogen-bond acceptors (Lipinski definition) is 6. The largest absolute Gasteiger partial charge is 0.465 e.